The quantitative estimate of drug-likeness (QED) is 0.471. The fourth-order valence-corrected chi connectivity index (χ4v) is 2.89. The van der Waals surface area contributed by atoms with Crippen molar-refractivity contribution in [3.05, 3.63) is 65.3 Å². The zero-order valence-corrected chi connectivity index (χ0v) is 15.2. The molecule has 0 bridgehead atoms. The van der Waals surface area contributed by atoms with Crippen molar-refractivity contribution in [2.45, 2.75) is 19.8 Å². The molecule has 6 heteroatoms. The van der Waals surface area contributed by atoms with E-state index in [-0.39, 0.29) is 5.57 Å². The maximum absolute atomic E-state index is 13.2. The molecule has 2 amide bonds. The van der Waals surface area contributed by atoms with E-state index in [2.05, 4.69) is 17.6 Å². The Hall–Kier alpha value is -2.79. The van der Waals surface area contributed by atoms with Crippen LogP contribution >= 0.6 is 11.6 Å². The van der Waals surface area contributed by atoms with E-state index in [4.69, 9.17) is 11.6 Å². The van der Waals surface area contributed by atoms with Crippen molar-refractivity contribution >= 4 is 40.5 Å². The van der Waals surface area contributed by atoms with Crippen molar-refractivity contribution < 1.29 is 9.59 Å². The Balaban J connectivity index is 2.07. The number of para-hydroxylation sites is 1. The predicted octanol–water partition coefficient (Wildman–Crippen LogP) is 4.23. The molecule has 0 aliphatic carbocycles. The molecule has 0 saturated heterocycles. The molecule has 26 heavy (non-hydrogen) atoms. The van der Waals surface area contributed by atoms with Gasteiger partial charge in [0.05, 0.1) is 11.4 Å². The predicted molar refractivity (Wildman–Crippen MR) is 105 cm³/mol. The average molecular weight is 370 g/mol. The summed E-state index contributed by atoms with van der Waals surface area (Å²) < 4.78 is 0. The molecule has 0 atom stereocenters. The molecule has 0 spiro atoms. The standard InChI is InChI=1S/C20H20ClN3O2/c1-2-3-11-22-13-16-19(25)23-17-10-9-14(21)12-18(17)24(20(16)26)15-7-5-4-6-8-15/h4-10,12-13,22H,2-3,11H2,1H3,(H,23,25)/b16-13-. The van der Waals surface area contributed by atoms with Crippen molar-refractivity contribution in [3.8, 4) is 0 Å². The molecule has 2 N–H and O–H groups in total. The molecule has 1 aliphatic heterocycles. The molecule has 1 aliphatic rings. The van der Waals surface area contributed by atoms with E-state index in [9.17, 15) is 9.59 Å². The van der Waals surface area contributed by atoms with E-state index >= 15 is 0 Å². The lowest BCUT2D eigenvalue weighted by atomic mass is 10.2. The maximum atomic E-state index is 13.2. The third-order valence-corrected chi connectivity index (χ3v) is 4.30. The number of unbranched alkanes of at least 4 members (excludes halogenated alkanes) is 1. The van der Waals surface area contributed by atoms with E-state index < -0.39 is 11.8 Å². The summed E-state index contributed by atoms with van der Waals surface area (Å²) in [6, 6.07) is 14.3. The molecule has 2 aromatic rings. The zero-order valence-electron chi connectivity index (χ0n) is 14.5. The highest BCUT2D eigenvalue weighted by molar-refractivity contribution is 6.34. The number of halogens is 1. The van der Waals surface area contributed by atoms with Crippen LogP contribution in [-0.4, -0.2) is 18.4 Å². The molecule has 2 aromatic carbocycles. The Morgan fingerprint density at radius 2 is 1.92 bits per heavy atom. The second kappa shape index (κ2) is 8.06. The van der Waals surface area contributed by atoms with Gasteiger partial charge in [0.25, 0.3) is 11.8 Å². The third kappa shape index (κ3) is 3.73. The minimum absolute atomic E-state index is 0.0530. The van der Waals surface area contributed by atoms with Gasteiger partial charge in [-0.1, -0.05) is 43.1 Å². The second-order valence-electron chi connectivity index (χ2n) is 5.96. The third-order valence-electron chi connectivity index (χ3n) is 4.06. The van der Waals surface area contributed by atoms with Crippen molar-refractivity contribution in [2.24, 2.45) is 0 Å². The first-order valence-corrected chi connectivity index (χ1v) is 8.93. The van der Waals surface area contributed by atoms with Gasteiger partial charge in [0.1, 0.15) is 5.57 Å². The van der Waals surface area contributed by atoms with Gasteiger partial charge in [0.15, 0.2) is 0 Å². The van der Waals surface area contributed by atoms with Crippen molar-refractivity contribution in [1.29, 1.82) is 0 Å². The molecule has 1 heterocycles. The van der Waals surface area contributed by atoms with Gasteiger partial charge >= 0.3 is 0 Å². The number of nitrogens with one attached hydrogen (secondary N) is 2. The second-order valence-corrected chi connectivity index (χ2v) is 6.39. The van der Waals surface area contributed by atoms with Gasteiger partial charge in [0, 0.05) is 23.5 Å². The number of fused-ring (bicyclic) bond motifs is 1. The van der Waals surface area contributed by atoms with Gasteiger partial charge in [-0.15, -0.1) is 0 Å². The molecule has 5 nitrogen and oxygen atoms in total. The number of carbonyl (C=O) groups is 2. The summed E-state index contributed by atoms with van der Waals surface area (Å²) in [5, 5.41) is 6.35. The Bertz CT molecular complexity index is 849. The number of carbonyl (C=O) groups excluding carboxylic acids is 2. The zero-order chi connectivity index (χ0) is 18.5. The van der Waals surface area contributed by atoms with Gasteiger partial charge in [0.2, 0.25) is 0 Å². The molecule has 0 unspecified atom stereocenters. The number of benzene rings is 2. The SMILES string of the molecule is CCCCN/C=C1/C(=O)Nc2ccc(Cl)cc2N(c2ccccc2)C1=O. The average Bonchev–Trinajstić information content (AvgIpc) is 2.74. The summed E-state index contributed by atoms with van der Waals surface area (Å²) in [5.74, 6) is -0.847. The lowest BCUT2D eigenvalue weighted by Gasteiger charge is -2.23. The summed E-state index contributed by atoms with van der Waals surface area (Å²) in [6.45, 7) is 2.78. The lowest BCUT2D eigenvalue weighted by Crippen LogP contribution is -2.30. The number of nitrogens with zero attached hydrogens (tertiary/aromatic N) is 1. The normalized spacial score (nSPS) is 15.5. The molecule has 0 aromatic heterocycles. The molecular formula is C20H20ClN3O2. The van der Waals surface area contributed by atoms with Gasteiger partial charge in [-0.3, -0.25) is 14.5 Å². The highest BCUT2D eigenvalue weighted by Crippen LogP contribution is 2.37. The molecule has 3 rings (SSSR count). The van der Waals surface area contributed by atoms with E-state index in [0.717, 1.165) is 12.8 Å². The van der Waals surface area contributed by atoms with Crippen LogP contribution in [-0.2, 0) is 9.59 Å². The van der Waals surface area contributed by atoms with Gasteiger partial charge in [-0.25, -0.2) is 0 Å². The Kier molecular flexibility index (Phi) is 5.58. The Morgan fingerprint density at radius 3 is 2.65 bits per heavy atom. The van der Waals surface area contributed by atoms with E-state index in [0.29, 0.717) is 28.6 Å². The first-order chi connectivity index (χ1) is 12.6. The van der Waals surface area contributed by atoms with Crippen LogP contribution in [0.5, 0.6) is 0 Å². The molecular weight excluding hydrogens is 350 g/mol. The molecule has 0 radical (unpaired) electrons. The summed E-state index contributed by atoms with van der Waals surface area (Å²) in [4.78, 5) is 27.3. The number of anilines is 3. The lowest BCUT2D eigenvalue weighted by molar-refractivity contribution is -0.119. The number of rotatable bonds is 5. The van der Waals surface area contributed by atoms with Crippen molar-refractivity contribution in [3.63, 3.8) is 0 Å². The molecule has 0 fully saturated rings. The van der Waals surface area contributed by atoms with Crippen LogP contribution < -0.4 is 15.5 Å². The van der Waals surface area contributed by atoms with Gasteiger partial charge in [-0.05, 0) is 36.8 Å². The van der Waals surface area contributed by atoms with Crippen LogP contribution in [0.1, 0.15) is 19.8 Å². The first-order valence-electron chi connectivity index (χ1n) is 8.55. The van der Waals surface area contributed by atoms with Gasteiger partial charge in [-0.2, -0.15) is 0 Å². The fourth-order valence-electron chi connectivity index (χ4n) is 2.73. The highest BCUT2D eigenvalue weighted by Gasteiger charge is 2.32. The Morgan fingerprint density at radius 1 is 1.15 bits per heavy atom. The summed E-state index contributed by atoms with van der Waals surface area (Å²) >= 11 is 6.14. The molecule has 134 valence electrons. The van der Waals surface area contributed by atoms with E-state index in [1.165, 1.54) is 11.1 Å². The maximum Gasteiger partial charge on any atom is 0.269 e. The van der Waals surface area contributed by atoms with E-state index in [1.54, 1.807) is 18.2 Å². The van der Waals surface area contributed by atoms with Gasteiger partial charge < -0.3 is 10.6 Å². The summed E-state index contributed by atoms with van der Waals surface area (Å²) in [6.07, 6.45) is 3.48. The Labute approximate surface area is 157 Å². The van der Waals surface area contributed by atoms with Crippen molar-refractivity contribution in [2.75, 3.05) is 16.8 Å². The number of amides is 2. The molecule has 0 saturated carbocycles. The monoisotopic (exact) mass is 369 g/mol. The van der Waals surface area contributed by atoms with Crippen LogP contribution in [0.3, 0.4) is 0 Å². The van der Waals surface area contributed by atoms with E-state index in [1.807, 2.05) is 30.3 Å². The van der Waals surface area contributed by atoms with Crippen LogP contribution in [0.4, 0.5) is 17.1 Å². The highest BCUT2D eigenvalue weighted by atomic mass is 35.5. The summed E-state index contributed by atoms with van der Waals surface area (Å²) in [5.41, 5.74) is 1.79. The topological polar surface area (TPSA) is 61.4 Å². The van der Waals surface area contributed by atoms with Crippen LogP contribution in [0.2, 0.25) is 5.02 Å². The number of hydrogen-bond acceptors (Lipinski definition) is 3. The van der Waals surface area contributed by atoms with Crippen molar-refractivity contribution in [1.82, 2.24) is 5.32 Å². The minimum Gasteiger partial charge on any atom is -0.390 e. The largest absolute Gasteiger partial charge is 0.390 e. The number of hydrogen-bond donors (Lipinski definition) is 2. The smallest absolute Gasteiger partial charge is 0.269 e. The fraction of sp³-hybridized carbons (Fsp3) is 0.200. The van der Waals surface area contributed by atoms with Crippen LogP contribution in [0.15, 0.2) is 60.3 Å². The minimum atomic E-state index is -0.444. The summed E-state index contributed by atoms with van der Waals surface area (Å²) in [7, 11) is 0. The van der Waals surface area contributed by atoms with Crippen LogP contribution in [0, 0.1) is 0 Å². The first kappa shape index (κ1) is 18.0. The van der Waals surface area contributed by atoms with Crippen LogP contribution in [0.25, 0.3) is 0 Å².